The van der Waals surface area contributed by atoms with Crippen LogP contribution in [-0.2, 0) is 16.0 Å². The Kier molecular flexibility index (Phi) is 5.46. The van der Waals surface area contributed by atoms with Crippen molar-refractivity contribution in [3.8, 4) is 5.75 Å². The molecule has 2 aromatic rings. The quantitative estimate of drug-likeness (QED) is 0.631. The lowest BCUT2D eigenvalue weighted by atomic mass is 10.1. The molecule has 0 aromatic heterocycles. The minimum Gasteiger partial charge on any atom is -0.490 e. The molecule has 1 saturated heterocycles. The molecule has 1 aliphatic heterocycles. The molecule has 5 N–H and O–H groups in total. The van der Waals surface area contributed by atoms with Crippen molar-refractivity contribution < 1.29 is 24.2 Å². The van der Waals surface area contributed by atoms with Gasteiger partial charge in [0, 0.05) is 11.4 Å². The van der Waals surface area contributed by atoms with Crippen molar-refractivity contribution in [2.75, 3.05) is 23.8 Å². The van der Waals surface area contributed by atoms with Crippen LogP contribution in [0.2, 0.25) is 0 Å². The number of nitrogen functional groups attached to an aromatic ring is 1. The Balaban J connectivity index is 1.52. The van der Waals surface area contributed by atoms with Crippen molar-refractivity contribution in [2.45, 2.75) is 18.6 Å². The number of ether oxygens (including phenoxy) is 2. The van der Waals surface area contributed by atoms with Crippen molar-refractivity contribution in [3.05, 3.63) is 54.1 Å². The topological polar surface area (TPSA) is 128 Å². The van der Waals surface area contributed by atoms with Gasteiger partial charge in [-0.1, -0.05) is 12.1 Å². The average molecular weight is 371 g/mol. The van der Waals surface area contributed by atoms with Crippen LogP contribution in [0.4, 0.5) is 16.2 Å². The molecule has 8 nitrogen and oxygen atoms in total. The molecule has 1 heterocycles. The van der Waals surface area contributed by atoms with Gasteiger partial charge in [0.25, 0.3) is 0 Å². The van der Waals surface area contributed by atoms with E-state index < -0.39 is 24.2 Å². The maximum absolute atomic E-state index is 12.0. The molecule has 142 valence electrons. The zero-order valence-electron chi connectivity index (χ0n) is 14.6. The van der Waals surface area contributed by atoms with Crippen LogP contribution in [0.15, 0.2) is 48.5 Å². The minimum atomic E-state index is -1.04. The number of rotatable bonds is 7. The molecule has 1 amide bonds. The fourth-order valence-electron chi connectivity index (χ4n) is 2.73. The lowest BCUT2D eigenvalue weighted by molar-refractivity contribution is -0.138. The lowest BCUT2D eigenvalue weighted by Crippen LogP contribution is -2.32. The van der Waals surface area contributed by atoms with E-state index in [0.29, 0.717) is 18.0 Å². The third-order valence-electron chi connectivity index (χ3n) is 4.21. The summed E-state index contributed by atoms with van der Waals surface area (Å²) in [5.74, 6) is -0.436. The summed E-state index contributed by atoms with van der Waals surface area (Å²) < 4.78 is 11.0. The zero-order valence-corrected chi connectivity index (χ0v) is 14.6. The Labute approximate surface area is 156 Å². The molecule has 2 aromatic carbocycles. The number of aliphatic carboxylic acids is 1. The zero-order chi connectivity index (χ0) is 19.4. The molecule has 0 saturated carbocycles. The van der Waals surface area contributed by atoms with E-state index in [0.717, 1.165) is 11.3 Å². The number of benzene rings is 2. The molecule has 27 heavy (non-hydrogen) atoms. The summed E-state index contributed by atoms with van der Waals surface area (Å²) in [5, 5.41) is 8.84. The summed E-state index contributed by atoms with van der Waals surface area (Å²) in [6.45, 7) is 0.597. The van der Waals surface area contributed by atoms with Gasteiger partial charge in [-0.3, -0.25) is 9.69 Å². The van der Waals surface area contributed by atoms with Crippen molar-refractivity contribution in [2.24, 2.45) is 5.73 Å². The number of hydrogen-bond acceptors (Lipinski definition) is 6. The number of amides is 1. The Morgan fingerprint density at radius 2 is 1.89 bits per heavy atom. The van der Waals surface area contributed by atoms with Crippen molar-refractivity contribution >= 4 is 23.4 Å². The molecule has 3 rings (SSSR count). The maximum Gasteiger partial charge on any atom is 0.414 e. The lowest BCUT2D eigenvalue weighted by Gasteiger charge is -2.13. The normalized spacial score (nSPS) is 17.4. The van der Waals surface area contributed by atoms with E-state index in [1.807, 2.05) is 0 Å². The van der Waals surface area contributed by atoms with Crippen LogP contribution in [0.5, 0.6) is 5.75 Å². The number of carboxylic acid groups (broad SMARTS) is 1. The fourth-order valence-corrected chi connectivity index (χ4v) is 2.73. The maximum atomic E-state index is 12.0. The minimum absolute atomic E-state index is 0.213. The van der Waals surface area contributed by atoms with Gasteiger partial charge in [-0.15, -0.1) is 0 Å². The van der Waals surface area contributed by atoms with E-state index in [-0.39, 0.29) is 13.0 Å². The van der Waals surface area contributed by atoms with Gasteiger partial charge in [0.05, 0.1) is 6.54 Å². The molecule has 2 atom stereocenters. The second kappa shape index (κ2) is 7.96. The summed E-state index contributed by atoms with van der Waals surface area (Å²) in [6, 6.07) is 13.0. The first-order chi connectivity index (χ1) is 12.9. The van der Waals surface area contributed by atoms with Crippen LogP contribution >= 0.6 is 0 Å². The van der Waals surface area contributed by atoms with Crippen LogP contribution < -0.4 is 21.1 Å². The van der Waals surface area contributed by atoms with Crippen LogP contribution in [0.3, 0.4) is 0 Å². The number of carbonyl (C=O) groups is 2. The number of carboxylic acids is 1. The number of carbonyl (C=O) groups excluding carboxylic acids is 1. The highest BCUT2D eigenvalue weighted by Crippen LogP contribution is 2.23. The van der Waals surface area contributed by atoms with Crippen LogP contribution in [-0.4, -0.2) is 42.5 Å². The van der Waals surface area contributed by atoms with E-state index in [4.69, 9.17) is 26.0 Å². The molecular weight excluding hydrogens is 350 g/mol. The largest absolute Gasteiger partial charge is 0.490 e. The third-order valence-corrected chi connectivity index (χ3v) is 4.21. The monoisotopic (exact) mass is 371 g/mol. The fraction of sp³-hybridized carbons (Fsp3) is 0.263. The number of anilines is 2. The number of hydrogen-bond donors (Lipinski definition) is 3. The van der Waals surface area contributed by atoms with Crippen LogP contribution in [0, 0.1) is 0 Å². The van der Waals surface area contributed by atoms with Gasteiger partial charge in [-0.2, -0.15) is 0 Å². The van der Waals surface area contributed by atoms with Crippen molar-refractivity contribution in [3.63, 3.8) is 0 Å². The molecule has 0 radical (unpaired) electrons. The highest BCUT2D eigenvalue weighted by molar-refractivity contribution is 5.89. The van der Waals surface area contributed by atoms with E-state index >= 15 is 0 Å². The summed E-state index contributed by atoms with van der Waals surface area (Å²) in [4.78, 5) is 24.4. The highest BCUT2D eigenvalue weighted by Gasteiger charge is 2.32. The first-order valence-corrected chi connectivity index (χ1v) is 8.46. The first-order valence-electron chi connectivity index (χ1n) is 8.46. The average Bonchev–Trinajstić information content (AvgIpc) is 3.02. The Morgan fingerprint density at radius 1 is 1.22 bits per heavy atom. The van der Waals surface area contributed by atoms with E-state index in [1.54, 1.807) is 48.5 Å². The molecule has 1 aliphatic rings. The Morgan fingerprint density at radius 3 is 2.52 bits per heavy atom. The second-order valence-corrected chi connectivity index (χ2v) is 6.31. The number of cyclic esters (lactones) is 1. The number of nitrogens with zero attached hydrogens (tertiary/aromatic N) is 1. The summed E-state index contributed by atoms with van der Waals surface area (Å²) >= 11 is 0. The second-order valence-electron chi connectivity index (χ2n) is 6.31. The Hall–Kier alpha value is -3.26. The van der Waals surface area contributed by atoms with Gasteiger partial charge in [0.1, 0.15) is 18.4 Å². The highest BCUT2D eigenvalue weighted by atomic mass is 16.6. The molecule has 0 aliphatic carbocycles. The summed E-state index contributed by atoms with van der Waals surface area (Å²) in [7, 11) is 0. The van der Waals surface area contributed by atoms with Crippen molar-refractivity contribution in [1.29, 1.82) is 0 Å². The molecule has 0 spiro atoms. The smallest absolute Gasteiger partial charge is 0.414 e. The Bertz CT molecular complexity index is 807. The first kappa shape index (κ1) is 18.5. The van der Waals surface area contributed by atoms with Crippen LogP contribution in [0.25, 0.3) is 0 Å². The van der Waals surface area contributed by atoms with Gasteiger partial charge < -0.3 is 26.0 Å². The summed E-state index contributed by atoms with van der Waals surface area (Å²) in [6.07, 6.45) is -0.576. The number of nitrogens with two attached hydrogens (primary N) is 2. The van der Waals surface area contributed by atoms with E-state index in [2.05, 4.69) is 0 Å². The van der Waals surface area contributed by atoms with Gasteiger partial charge in [0.15, 0.2) is 6.10 Å². The van der Waals surface area contributed by atoms with E-state index in [1.165, 1.54) is 4.90 Å². The molecule has 0 bridgehead atoms. The summed E-state index contributed by atoms with van der Waals surface area (Å²) in [5.41, 5.74) is 13.3. The SMILES string of the molecule is Nc1ccc(N2CC(COc3ccc(CC(N)C(=O)O)cc3)OC2=O)cc1. The molecule has 1 fully saturated rings. The molecular formula is C19H21N3O5. The van der Waals surface area contributed by atoms with Gasteiger partial charge >= 0.3 is 12.1 Å². The standard InChI is InChI=1S/C19H21N3O5/c20-13-3-5-14(6-4-13)22-10-16(27-19(22)25)11-26-15-7-1-12(2-8-15)9-17(21)18(23)24/h1-8,16-17H,9-11,20-21H2,(H,23,24). The van der Waals surface area contributed by atoms with Crippen molar-refractivity contribution in [1.82, 2.24) is 0 Å². The van der Waals surface area contributed by atoms with E-state index in [9.17, 15) is 9.59 Å². The molecule has 8 heteroatoms. The van der Waals surface area contributed by atoms with Gasteiger partial charge in [-0.05, 0) is 48.4 Å². The predicted molar refractivity (Wildman–Crippen MR) is 99.7 cm³/mol. The molecule has 2 unspecified atom stereocenters. The third kappa shape index (κ3) is 4.68. The van der Waals surface area contributed by atoms with Gasteiger partial charge in [0.2, 0.25) is 0 Å². The predicted octanol–water partition coefficient (Wildman–Crippen LogP) is 1.63. The van der Waals surface area contributed by atoms with Crippen LogP contribution in [0.1, 0.15) is 5.56 Å². The van der Waals surface area contributed by atoms with Gasteiger partial charge in [-0.25, -0.2) is 4.79 Å².